The molecule has 1 aliphatic heterocycles. The van der Waals surface area contributed by atoms with E-state index in [4.69, 9.17) is 11.6 Å². The van der Waals surface area contributed by atoms with Crippen molar-refractivity contribution in [2.45, 2.75) is 6.42 Å². The number of fused-ring (bicyclic) bond motifs is 1. The zero-order chi connectivity index (χ0) is 14.2. The largest absolute Gasteiger partial charge is 0.383 e. The van der Waals surface area contributed by atoms with Gasteiger partial charge >= 0.3 is 0 Å². The lowest BCUT2D eigenvalue weighted by atomic mass is 10.0. The number of hydrogen-bond acceptors (Lipinski definition) is 3. The van der Waals surface area contributed by atoms with Crippen LogP contribution in [-0.2, 0) is 4.79 Å². The van der Waals surface area contributed by atoms with Crippen LogP contribution in [0.4, 0.5) is 5.69 Å². The predicted octanol–water partition coefficient (Wildman–Crippen LogP) is 2.92. The lowest BCUT2D eigenvalue weighted by Gasteiger charge is -2.09. The summed E-state index contributed by atoms with van der Waals surface area (Å²) in [5.74, 6) is -0.353. The predicted molar refractivity (Wildman–Crippen MR) is 83.5 cm³/mol. The average molecular weight is 391 g/mol. The van der Waals surface area contributed by atoms with Gasteiger partial charge < -0.3 is 10.2 Å². The van der Waals surface area contributed by atoms with Crippen molar-refractivity contribution in [1.82, 2.24) is 4.90 Å². The van der Waals surface area contributed by atoms with E-state index in [0.717, 1.165) is 3.57 Å². The first kappa shape index (κ1) is 14.3. The van der Waals surface area contributed by atoms with Gasteiger partial charge in [0.25, 0.3) is 0 Å². The maximum atomic E-state index is 12.4. The van der Waals surface area contributed by atoms with Crippen LogP contribution in [0.3, 0.4) is 0 Å². The summed E-state index contributed by atoms with van der Waals surface area (Å²) in [6.45, 7) is 0. The van der Waals surface area contributed by atoms with Crippen LogP contribution in [0.5, 0.6) is 0 Å². The van der Waals surface area contributed by atoms with Gasteiger partial charge in [0.05, 0.1) is 17.1 Å². The molecule has 0 atom stereocenters. The third-order valence-corrected chi connectivity index (χ3v) is 4.16. The molecule has 1 amide bonds. The minimum absolute atomic E-state index is 0.0693. The second kappa shape index (κ2) is 5.50. The Hall–Kier alpha value is -1.08. The van der Waals surface area contributed by atoms with E-state index in [1.54, 1.807) is 23.2 Å². The van der Waals surface area contributed by atoms with Gasteiger partial charge in [0, 0.05) is 35.0 Å². The number of Topliss-reactive ketones (excluding diaryl/α,β-unsaturated/α-hetero) is 1. The van der Waals surface area contributed by atoms with Crippen LogP contribution in [0, 0.1) is 3.57 Å². The van der Waals surface area contributed by atoms with E-state index in [0.29, 0.717) is 21.8 Å². The molecule has 100 valence electrons. The van der Waals surface area contributed by atoms with Crippen molar-refractivity contribution in [3.8, 4) is 0 Å². The number of rotatable bonds is 1. The normalized spacial score (nSPS) is 16.9. The summed E-state index contributed by atoms with van der Waals surface area (Å²) < 4.78 is 0.784. The summed E-state index contributed by atoms with van der Waals surface area (Å²) in [4.78, 5) is 26.0. The Morgan fingerprint density at radius 3 is 2.68 bits per heavy atom. The van der Waals surface area contributed by atoms with E-state index in [2.05, 4.69) is 27.9 Å². The standard InChI is InChI=1S/C13H12ClIN2O2/c1-17(2)6-7-3-12(18)16-11-5-9(14)10(15)4-8(11)13(7)19/h4-6H,3H2,1-2H3,(H,16,18)/b7-6-. The fourth-order valence-corrected chi connectivity index (χ4v) is 2.51. The number of carbonyl (C=O) groups is 2. The van der Waals surface area contributed by atoms with Gasteiger partial charge in [0.15, 0.2) is 5.78 Å². The van der Waals surface area contributed by atoms with Crippen molar-refractivity contribution in [3.63, 3.8) is 0 Å². The molecule has 0 saturated carbocycles. The van der Waals surface area contributed by atoms with Gasteiger partial charge in [-0.05, 0) is 34.7 Å². The van der Waals surface area contributed by atoms with Gasteiger partial charge in [-0.15, -0.1) is 0 Å². The lowest BCUT2D eigenvalue weighted by Crippen LogP contribution is -2.12. The molecule has 0 fully saturated rings. The van der Waals surface area contributed by atoms with E-state index in [9.17, 15) is 9.59 Å². The molecule has 0 bridgehead atoms. The van der Waals surface area contributed by atoms with Crippen LogP contribution in [0.2, 0.25) is 5.02 Å². The van der Waals surface area contributed by atoms with E-state index in [-0.39, 0.29) is 18.1 Å². The van der Waals surface area contributed by atoms with Crippen LogP contribution in [0.1, 0.15) is 16.8 Å². The fraction of sp³-hybridized carbons (Fsp3) is 0.231. The van der Waals surface area contributed by atoms with E-state index in [1.165, 1.54) is 0 Å². The molecule has 4 nitrogen and oxygen atoms in total. The van der Waals surface area contributed by atoms with Crippen molar-refractivity contribution in [2.75, 3.05) is 19.4 Å². The third kappa shape index (κ3) is 3.09. The minimum Gasteiger partial charge on any atom is -0.383 e. The van der Waals surface area contributed by atoms with Gasteiger partial charge in [0.1, 0.15) is 0 Å². The topological polar surface area (TPSA) is 49.4 Å². The monoisotopic (exact) mass is 390 g/mol. The molecule has 1 aliphatic rings. The molecule has 1 heterocycles. The number of ketones is 1. The van der Waals surface area contributed by atoms with Crippen LogP contribution < -0.4 is 5.32 Å². The average Bonchev–Trinajstić information content (AvgIpc) is 2.40. The Morgan fingerprint density at radius 2 is 2.05 bits per heavy atom. The lowest BCUT2D eigenvalue weighted by molar-refractivity contribution is -0.115. The van der Waals surface area contributed by atoms with Gasteiger partial charge in [-0.3, -0.25) is 9.59 Å². The molecule has 1 aromatic rings. The minimum atomic E-state index is -0.211. The Kier molecular flexibility index (Phi) is 4.15. The number of amides is 1. The molecule has 0 saturated heterocycles. The molecule has 1 N–H and O–H groups in total. The molecular formula is C13H12ClIN2O2. The highest BCUT2D eigenvalue weighted by atomic mass is 127. The second-order valence-electron chi connectivity index (χ2n) is 4.48. The number of carbonyl (C=O) groups excluding carboxylic acids is 2. The van der Waals surface area contributed by atoms with E-state index in [1.807, 2.05) is 14.1 Å². The van der Waals surface area contributed by atoms with E-state index >= 15 is 0 Å². The second-order valence-corrected chi connectivity index (χ2v) is 6.05. The third-order valence-electron chi connectivity index (χ3n) is 2.64. The van der Waals surface area contributed by atoms with Crippen molar-refractivity contribution < 1.29 is 9.59 Å². The summed E-state index contributed by atoms with van der Waals surface area (Å²) in [6.07, 6.45) is 1.75. The molecular weight excluding hydrogens is 379 g/mol. The number of halogens is 2. The van der Waals surface area contributed by atoms with Crippen LogP contribution >= 0.6 is 34.2 Å². The highest BCUT2D eigenvalue weighted by molar-refractivity contribution is 14.1. The highest BCUT2D eigenvalue weighted by Gasteiger charge is 2.25. The molecule has 0 aliphatic carbocycles. The van der Waals surface area contributed by atoms with Crippen molar-refractivity contribution in [2.24, 2.45) is 0 Å². The Bertz CT molecular complexity index is 597. The van der Waals surface area contributed by atoms with Gasteiger partial charge in [-0.2, -0.15) is 0 Å². The summed E-state index contributed by atoms with van der Waals surface area (Å²) in [7, 11) is 3.63. The fourth-order valence-electron chi connectivity index (χ4n) is 1.87. The van der Waals surface area contributed by atoms with Crippen molar-refractivity contribution in [1.29, 1.82) is 0 Å². The van der Waals surface area contributed by atoms with Gasteiger partial charge in [-0.25, -0.2) is 0 Å². The molecule has 0 unspecified atom stereocenters. The molecule has 1 aromatic carbocycles. The summed E-state index contributed by atoms with van der Waals surface area (Å²) >= 11 is 8.09. The molecule has 0 aromatic heterocycles. The summed E-state index contributed by atoms with van der Waals surface area (Å²) in [5, 5.41) is 3.24. The van der Waals surface area contributed by atoms with Crippen molar-refractivity contribution in [3.05, 3.63) is 38.1 Å². The van der Waals surface area contributed by atoms with Gasteiger partial charge in [-0.1, -0.05) is 11.6 Å². The Balaban J connectivity index is 2.58. The first-order valence-corrected chi connectivity index (χ1v) is 7.05. The number of benzene rings is 1. The molecule has 2 rings (SSSR count). The Labute approximate surface area is 129 Å². The number of nitrogens with one attached hydrogen (secondary N) is 1. The van der Waals surface area contributed by atoms with E-state index < -0.39 is 0 Å². The smallest absolute Gasteiger partial charge is 0.229 e. The zero-order valence-corrected chi connectivity index (χ0v) is 13.4. The van der Waals surface area contributed by atoms with Crippen LogP contribution in [0.25, 0.3) is 0 Å². The number of nitrogens with zero attached hydrogens (tertiary/aromatic N) is 1. The molecule has 6 heteroatoms. The quantitative estimate of drug-likeness (QED) is 0.592. The number of anilines is 1. The molecule has 19 heavy (non-hydrogen) atoms. The maximum Gasteiger partial charge on any atom is 0.229 e. The first-order chi connectivity index (χ1) is 8.88. The van der Waals surface area contributed by atoms with Crippen molar-refractivity contribution >= 4 is 51.6 Å². The summed E-state index contributed by atoms with van der Waals surface area (Å²) in [6, 6.07) is 3.32. The molecule has 0 radical (unpaired) electrons. The van der Waals surface area contributed by atoms with Crippen LogP contribution in [-0.4, -0.2) is 30.7 Å². The highest BCUT2D eigenvalue weighted by Crippen LogP contribution is 2.31. The summed E-state index contributed by atoms with van der Waals surface area (Å²) in [5.41, 5.74) is 1.43. The Morgan fingerprint density at radius 1 is 1.37 bits per heavy atom. The first-order valence-electron chi connectivity index (χ1n) is 5.59. The number of hydrogen-bond donors (Lipinski definition) is 1. The SMILES string of the molecule is CN(C)/C=C1/CC(=O)Nc2cc(Cl)c(I)cc2C1=O. The van der Waals surface area contributed by atoms with Crippen LogP contribution in [0.15, 0.2) is 23.9 Å². The maximum absolute atomic E-state index is 12.4. The van der Waals surface area contributed by atoms with Gasteiger partial charge in [0.2, 0.25) is 5.91 Å². The zero-order valence-electron chi connectivity index (χ0n) is 10.5. The molecule has 0 spiro atoms.